The molecule has 1 atom stereocenters. The summed E-state index contributed by atoms with van der Waals surface area (Å²) in [5.74, 6) is -0.0143. The van der Waals surface area contributed by atoms with Crippen molar-refractivity contribution >= 4 is 11.8 Å². The minimum Gasteiger partial charge on any atom is -0.369 e. The van der Waals surface area contributed by atoms with Gasteiger partial charge in [-0.2, -0.15) is 0 Å². The third-order valence-electron chi connectivity index (χ3n) is 4.06. The summed E-state index contributed by atoms with van der Waals surface area (Å²) in [4.78, 5) is 25.1. The molecule has 1 fully saturated rings. The first-order valence-corrected chi connectivity index (χ1v) is 7.33. The zero-order chi connectivity index (χ0) is 14.4. The van der Waals surface area contributed by atoms with Gasteiger partial charge in [0.1, 0.15) is 0 Å². The maximum atomic E-state index is 12.1. The Morgan fingerprint density at radius 2 is 1.74 bits per heavy atom. The molecular weight excluding hydrogens is 242 g/mol. The minimum absolute atomic E-state index is 0.0202. The molecule has 5 nitrogen and oxygen atoms in total. The number of hydrogen-bond acceptors (Lipinski definition) is 3. The van der Waals surface area contributed by atoms with Crippen molar-refractivity contribution in [1.82, 2.24) is 10.2 Å². The van der Waals surface area contributed by atoms with Crippen LogP contribution < -0.4 is 11.1 Å². The second-order valence-corrected chi connectivity index (χ2v) is 5.35. The predicted octanol–water partition coefficient (Wildman–Crippen LogP) is 0.877. The Morgan fingerprint density at radius 1 is 1.21 bits per heavy atom. The third-order valence-corrected chi connectivity index (χ3v) is 4.06. The van der Waals surface area contributed by atoms with Gasteiger partial charge in [-0.05, 0) is 46.5 Å². The van der Waals surface area contributed by atoms with Gasteiger partial charge in [-0.25, -0.2) is 0 Å². The van der Waals surface area contributed by atoms with E-state index in [0.29, 0.717) is 6.04 Å². The smallest absolute Gasteiger partial charge is 0.239 e. The molecule has 0 aromatic heterocycles. The molecule has 1 unspecified atom stereocenters. The molecule has 2 amide bonds. The lowest BCUT2D eigenvalue weighted by molar-refractivity contribution is -0.133. The highest BCUT2D eigenvalue weighted by Gasteiger charge is 2.27. The molecule has 110 valence electrons. The van der Waals surface area contributed by atoms with Crippen LogP contribution in [0.5, 0.6) is 0 Å². The molecular formula is C14H27N3O2. The fraction of sp³-hybridized carbons (Fsp3) is 0.857. The molecule has 1 rings (SSSR count). The fourth-order valence-electron chi connectivity index (χ4n) is 2.78. The molecule has 0 radical (unpaired) electrons. The van der Waals surface area contributed by atoms with Crippen LogP contribution >= 0.6 is 0 Å². The van der Waals surface area contributed by atoms with Crippen molar-refractivity contribution in [2.24, 2.45) is 11.7 Å². The number of carbonyl (C=O) groups is 2. The van der Waals surface area contributed by atoms with Crippen LogP contribution in [0.1, 0.15) is 46.5 Å². The summed E-state index contributed by atoms with van der Waals surface area (Å²) < 4.78 is 0. The lowest BCUT2D eigenvalue weighted by Gasteiger charge is -2.31. The fourth-order valence-corrected chi connectivity index (χ4v) is 2.78. The standard InChI is InChI=1S/C14H27N3O2/c1-4-17(5-2)14(19)10(3)16-12-8-6-11(7-9-12)13(15)18/h10-12,16H,4-9H2,1-3H3,(H2,15,18). The molecule has 1 saturated carbocycles. The molecule has 0 heterocycles. The normalized spacial score (nSPS) is 24.8. The topological polar surface area (TPSA) is 75.4 Å². The monoisotopic (exact) mass is 269 g/mol. The van der Waals surface area contributed by atoms with E-state index in [4.69, 9.17) is 5.73 Å². The van der Waals surface area contributed by atoms with Gasteiger partial charge >= 0.3 is 0 Å². The molecule has 0 saturated heterocycles. The Morgan fingerprint density at radius 3 is 2.16 bits per heavy atom. The Balaban J connectivity index is 2.40. The Bertz CT molecular complexity index is 308. The van der Waals surface area contributed by atoms with E-state index in [1.165, 1.54) is 0 Å². The Kier molecular flexibility index (Phi) is 6.28. The lowest BCUT2D eigenvalue weighted by atomic mass is 9.85. The molecule has 0 bridgehead atoms. The number of nitrogens with one attached hydrogen (secondary N) is 1. The molecule has 0 aromatic carbocycles. The zero-order valence-electron chi connectivity index (χ0n) is 12.3. The van der Waals surface area contributed by atoms with Crippen molar-refractivity contribution in [3.05, 3.63) is 0 Å². The largest absolute Gasteiger partial charge is 0.369 e. The van der Waals surface area contributed by atoms with Crippen LogP contribution in [0.15, 0.2) is 0 Å². The summed E-state index contributed by atoms with van der Waals surface area (Å²) in [6.45, 7) is 7.39. The number of primary amides is 1. The van der Waals surface area contributed by atoms with E-state index in [9.17, 15) is 9.59 Å². The van der Waals surface area contributed by atoms with Crippen LogP contribution in [0.2, 0.25) is 0 Å². The first-order valence-electron chi connectivity index (χ1n) is 7.33. The van der Waals surface area contributed by atoms with Gasteiger partial charge in [0.2, 0.25) is 11.8 Å². The average Bonchev–Trinajstić information content (AvgIpc) is 2.40. The van der Waals surface area contributed by atoms with Crippen molar-refractivity contribution < 1.29 is 9.59 Å². The summed E-state index contributed by atoms with van der Waals surface area (Å²) in [7, 11) is 0. The average molecular weight is 269 g/mol. The number of nitrogens with zero attached hydrogens (tertiary/aromatic N) is 1. The highest BCUT2D eigenvalue weighted by molar-refractivity contribution is 5.81. The van der Waals surface area contributed by atoms with Crippen molar-refractivity contribution in [3.63, 3.8) is 0 Å². The summed E-state index contributed by atoms with van der Waals surface area (Å²) in [6.07, 6.45) is 3.51. The first-order chi connectivity index (χ1) is 8.99. The molecule has 19 heavy (non-hydrogen) atoms. The second kappa shape index (κ2) is 7.48. The van der Waals surface area contributed by atoms with Crippen molar-refractivity contribution in [2.75, 3.05) is 13.1 Å². The van der Waals surface area contributed by atoms with Crippen LogP contribution in [-0.2, 0) is 9.59 Å². The summed E-state index contributed by atoms with van der Waals surface area (Å²) in [5.41, 5.74) is 5.32. The predicted molar refractivity (Wildman–Crippen MR) is 75.5 cm³/mol. The van der Waals surface area contributed by atoms with Gasteiger partial charge in [0, 0.05) is 25.0 Å². The first kappa shape index (κ1) is 16.0. The number of hydrogen-bond donors (Lipinski definition) is 2. The van der Waals surface area contributed by atoms with E-state index in [1.54, 1.807) is 0 Å². The maximum Gasteiger partial charge on any atom is 0.239 e. The van der Waals surface area contributed by atoms with Crippen LogP contribution in [0.3, 0.4) is 0 Å². The van der Waals surface area contributed by atoms with E-state index < -0.39 is 0 Å². The zero-order valence-corrected chi connectivity index (χ0v) is 12.3. The SMILES string of the molecule is CCN(CC)C(=O)C(C)NC1CCC(C(N)=O)CC1. The van der Waals surface area contributed by atoms with E-state index >= 15 is 0 Å². The lowest BCUT2D eigenvalue weighted by Crippen LogP contribution is -2.49. The van der Waals surface area contributed by atoms with Gasteiger partial charge in [0.05, 0.1) is 6.04 Å². The number of likely N-dealkylation sites (N-methyl/N-ethyl adjacent to an activating group) is 1. The van der Waals surface area contributed by atoms with Crippen LogP contribution in [0.25, 0.3) is 0 Å². The van der Waals surface area contributed by atoms with Crippen molar-refractivity contribution in [3.8, 4) is 0 Å². The highest BCUT2D eigenvalue weighted by atomic mass is 16.2. The Hall–Kier alpha value is -1.10. The van der Waals surface area contributed by atoms with Gasteiger partial charge < -0.3 is 16.0 Å². The summed E-state index contributed by atoms with van der Waals surface area (Å²) in [6, 6.07) is 0.167. The van der Waals surface area contributed by atoms with Gasteiger partial charge in [0.15, 0.2) is 0 Å². The quantitative estimate of drug-likeness (QED) is 0.751. The molecule has 0 aliphatic heterocycles. The van der Waals surface area contributed by atoms with Crippen LogP contribution in [-0.4, -0.2) is 41.9 Å². The molecule has 0 aromatic rings. The highest BCUT2D eigenvalue weighted by Crippen LogP contribution is 2.24. The van der Waals surface area contributed by atoms with E-state index in [-0.39, 0.29) is 23.8 Å². The van der Waals surface area contributed by atoms with Crippen LogP contribution in [0.4, 0.5) is 0 Å². The molecule has 0 spiro atoms. The number of rotatable bonds is 6. The van der Waals surface area contributed by atoms with E-state index in [0.717, 1.165) is 38.8 Å². The second-order valence-electron chi connectivity index (χ2n) is 5.35. The molecule has 1 aliphatic carbocycles. The maximum absolute atomic E-state index is 12.1. The third kappa shape index (κ3) is 4.49. The van der Waals surface area contributed by atoms with E-state index in [1.807, 2.05) is 25.7 Å². The molecule has 3 N–H and O–H groups in total. The molecule has 1 aliphatic rings. The summed E-state index contributed by atoms with van der Waals surface area (Å²) >= 11 is 0. The van der Waals surface area contributed by atoms with E-state index in [2.05, 4.69) is 5.32 Å². The number of nitrogens with two attached hydrogens (primary N) is 1. The molecule has 5 heteroatoms. The minimum atomic E-state index is -0.189. The van der Waals surface area contributed by atoms with Gasteiger partial charge in [-0.15, -0.1) is 0 Å². The van der Waals surface area contributed by atoms with Gasteiger partial charge in [0.25, 0.3) is 0 Å². The Labute approximate surface area is 115 Å². The number of amides is 2. The van der Waals surface area contributed by atoms with Crippen molar-refractivity contribution in [1.29, 1.82) is 0 Å². The summed E-state index contributed by atoms with van der Waals surface area (Å²) in [5, 5.41) is 3.38. The van der Waals surface area contributed by atoms with Gasteiger partial charge in [-0.1, -0.05) is 0 Å². The number of carbonyl (C=O) groups excluding carboxylic acids is 2. The van der Waals surface area contributed by atoms with Crippen LogP contribution in [0, 0.1) is 5.92 Å². The van der Waals surface area contributed by atoms with Crippen molar-refractivity contribution in [2.45, 2.75) is 58.5 Å². The van der Waals surface area contributed by atoms with Gasteiger partial charge in [-0.3, -0.25) is 9.59 Å².